The highest BCUT2D eigenvalue weighted by Crippen LogP contribution is 1.95. The lowest BCUT2D eigenvalue weighted by Gasteiger charge is -2.10. The first-order valence-corrected chi connectivity index (χ1v) is 7.78. The van der Waals surface area contributed by atoms with Gasteiger partial charge in [-0.15, -0.1) is 0 Å². The van der Waals surface area contributed by atoms with Gasteiger partial charge < -0.3 is 10.6 Å². The molecule has 6 heteroatoms. The van der Waals surface area contributed by atoms with E-state index in [0.29, 0.717) is 19.0 Å². The zero-order valence-corrected chi connectivity index (χ0v) is 11.9. The van der Waals surface area contributed by atoms with Crippen LogP contribution in [0.1, 0.15) is 34.1 Å². The first-order valence-electron chi connectivity index (χ1n) is 5.96. The second kappa shape index (κ2) is 7.66. The number of sulfone groups is 1. The Morgan fingerprint density at radius 3 is 2.18 bits per heavy atom. The normalized spacial score (nSPS) is 12.1. The summed E-state index contributed by atoms with van der Waals surface area (Å²) in [7, 11) is -3.28. The maximum Gasteiger partial charge on any atom is 0.235 e. The molecule has 102 valence electrons. The van der Waals surface area contributed by atoms with Crippen LogP contribution in [0.4, 0.5) is 0 Å². The molecular weight excluding hydrogens is 240 g/mol. The zero-order chi connectivity index (χ0) is 13.5. The molecule has 0 radical (unpaired) electrons. The smallest absolute Gasteiger partial charge is 0.235 e. The summed E-state index contributed by atoms with van der Waals surface area (Å²) in [5.74, 6) is -0.776. The third kappa shape index (κ3) is 10.3. The van der Waals surface area contributed by atoms with Gasteiger partial charge in [-0.2, -0.15) is 0 Å². The Kier molecular flexibility index (Phi) is 7.38. The summed E-state index contributed by atoms with van der Waals surface area (Å²) in [6.07, 6.45) is 0.537. The van der Waals surface area contributed by atoms with Gasteiger partial charge in [-0.05, 0) is 26.8 Å². The van der Waals surface area contributed by atoms with Gasteiger partial charge in [0.05, 0.1) is 5.75 Å². The molecular formula is C11H24N2O3S. The lowest BCUT2D eigenvalue weighted by Crippen LogP contribution is -2.36. The Balaban J connectivity index is 3.92. The summed E-state index contributed by atoms with van der Waals surface area (Å²) < 4.78 is 23.2. The molecule has 17 heavy (non-hydrogen) atoms. The highest BCUT2D eigenvalue weighted by molar-refractivity contribution is 7.92. The topological polar surface area (TPSA) is 75.3 Å². The van der Waals surface area contributed by atoms with E-state index in [2.05, 4.69) is 10.6 Å². The Labute approximate surface area is 104 Å². The third-order valence-corrected chi connectivity index (χ3v) is 3.60. The quantitative estimate of drug-likeness (QED) is 0.619. The molecule has 5 nitrogen and oxygen atoms in total. The van der Waals surface area contributed by atoms with Crippen molar-refractivity contribution in [1.29, 1.82) is 0 Å². The molecule has 0 aliphatic heterocycles. The Morgan fingerprint density at radius 1 is 1.12 bits per heavy atom. The van der Waals surface area contributed by atoms with Gasteiger partial charge in [-0.1, -0.05) is 13.8 Å². The lowest BCUT2D eigenvalue weighted by atomic mass is 10.4. The van der Waals surface area contributed by atoms with Crippen molar-refractivity contribution in [3.63, 3.8) is 0 Å². The summed E-state index contributed by atoms with van der Waals surface area (Å²) in [6, 6.07) is 0.322. The Hall–Kier alpha value is -0.620. The molecule has 0 heterocycles. The van der Waals surface area contributed by atoms with Crippen LogP contribution in [0.15, 0.2) is 0 Å². The van der Waals surface area contributed by atoms with Crippen molar-refractivity contribution in [1.82, 2.24) is 10.6 Å². The molecule has 0 rings (SSSR count). The largest absolute Gasteiger partial charge is 0.353 e. The van der Waals surface area contributed by atoms with Crippen molar-refractivity contribution >= 4 is 15.7 Å². The van der Waals surface area contributed by atoms with Crippen molar-refractivity contribution in [2.75, 3.05) is 18.1 Å². The van der Waals surface area contributed by atoms with Crippen LogP contribution in [0.2, 0.25) is 0 Å². The summed E-state index contributed by atoms with van der Waals surface area (Å²) in [5, 5.41) is 5.71. The maximum atomic E-state index is 11.6. The van der Waals surface area contributed by atoms with Gasteiger partial charge in [0.1, 0.15) is 5.75 Å². The third-order valence-electron chi connectivity index (χ3n) is 1.99. The van der Waals surface area contributed by atoms with Gasteiger partial charge in [-0.3, -0.25) is 4.79 Å². The van der Waals surface area contributed by atoms with Crippen molar-refractivity contribution in [2.24, 2.45) is 0 Å². The molecule has 0 unspecified atom stereocenters. The molecule has 0 aromatic rings. The minimum Gasteiger partial charge on any atom is -0.353 e. The number of amides is 1. The summed E-state index contributed by atoms with van der Waals surface area (Å²) in [4.78, 5) is 11.3. The Bertz CT molecular complexity index is 324. The SMILES string of the molecule is CC(C)NCCCS(=O)(=O)CC(=O)NC(C)C. The second-order valence-electron chi connectivity index (χ2n) is 4.78. The summed E-state index contributed by atoms with van der Waals surface area (Å²) in [5.41, 5.74) is 0. The van der Waals surface area contributed by atoms with Crippen LogP contribution >= 0.6 is 0 Å². The fourth-order valence-electron chi connectivity index (χ4n) is 1.32. The summed E-state index contributed by atoms with van der Waals surface area (Å²) >= 11 is 0. The lowest BCUT2D eigenvalue weighted by molar-refractivity contribution is -0.119. The minimum absolute atomic E-state index is 0.0275. The standard InChI is InChI=1S/C11H24N2O3S/c1-9(2)12-6-5-7-17(15,16)8-11(14)13-10(3)4/h9-10,12H,5-8H2,1-4H3,(H,13,14). The van der Waals surface area contributed by atoms with Crippen LogP contribution in [-0.4, -0.2) is 44.5 Å². The van der Waals surface area contributed by atoms with Gasteiger partial charge >= 0.3 is 0 Å². The monoisotopic (exact) mass is 264 g/mol. The van der Waals surface area contributed by atoms with Crippen molar-refractivity contribution in [3.8, 4) is 0 Å². The van der Waals surface area contributed by atoms with E-state index in [4.69, 9.17) is 0 Å². The molecule has 0 aromatic carbocycles. The molecule has 0 fully saturated rings. The number of nitrogens with one attached hydrogen (secondary N) is 2. The molecule has 2 N–H and O–H groups in total. The average molecular weight is 264 g/mol. The second-order valence-corrected chi connectivity index (χ2v) is 6.96. The highest BCUT2D eigenvalue weighted by Gasteiger charge is 2.16. The highest BCUT2D eigenvalue weighted by atomic mass is 32.2. The van der Waals surface area contributed by atoms with Gasteiger partial charge in [-0.25, -0.2) is 8.42 Å². The van der Waals surface area contributed by atoms with E-state index in [1.54, 1.807) is 13.8 Å². The number of rotatable bonds is 8. The molecule has 1 amide bonds. The molecule has 0 aromatic heterocycles. The van der Waals surface area contributed by atoms with Crippen LogP contribution in [0.3, 0.4) is 0 Å². The molecule has 0 bridgehead atoms. The molecule has 0 saturated heterocycles. The van der Waals surface area contributed by atoms with E-state index in [0.717, 1.165) is 0 Å². The van der Waals surface area contributed by atoms with E-state index in [9.17, 15) is 13.2 Å². The van der Waals surface area contributed by atoms with Crippen molar-refractivity contribution < 1.29 is 13.2 Å². The van der Waals surface area contributed by atoms with Gasteiger partial charge in [0.25, 0.3) is 0 Å². The fraction of sp³-hybridized carbons (Fsp3) is 0.909. The van der Waals surface area contributed by atoms with Crippen LogP contribution in [0, 0.1) is 0 Å². The molecule has 0 atom stereocenters. The predicted octanol–water partition coefficient (Wildman–Crippen LogP) is 0.314. The van der Waals surface area contributed by atoms with Crippen LogP contribution in [0.25, 0.3) is 0 Å². The first kappa shape index (κ1) is 16.4. The number of hydrogen-bond acceptors (Lipinski definition) is 4. The van der Waals surface area contributed by atoms with E-state index in [-0.39, 0.29) is 11.8 Å². The van der Waals surface area contributed by atoms with E-state index >= 15 is 0 Å². The van der Waals surface area contributed by atoms with E-state index in [1.807, 2.05) is 13.8 Å². The minimum atomic E-state index is -3.28. The maximum absolute atomic E-state index is 11.6. The Morgan fingerprint density at radius 2 is 1.71 bits per heavy atom. The number of hydrogen-bond donors (Lipinski definition) is 2. The number of carbonyl (C=O) groups excluding carboxylic acids is 1. The van der Waals surface area contributed by atoms with E-state index in [1.165, 1.54) is 0 Å². The van der Waals surface area contributed by atoms with Gasteiger partial charge in [0.2, 0.25) is 5.91 Å². The molecule has 0 aliphatic carbocycles. The zero-order valence-electron chi connectivity index (χ0n) is 11.1. The van der Waals surface area contributed by atoms with Crippen molar-refractivity contribution in [3.05, 3.63) is 0 Å². The summed E-state index contributed by atoms with van der Waals surface area (Å²) in [6.45, 7) is 8.27. The first-order chi connectivity index (χ1) is 7.73. The molecule has 0 saturated carbocycles. The predicted molar refractivity (Wildman–Crippen MR) is 69.7 cm³/mol. The molecule has 0 aliphatic rings. The number of carbonyl (C=O) groups is 1. The molecule has 0 spiro atoms. The van der Waals surface area contributed by atoms with Crippen LogP contribution in [0.5, 0.6) is 0 Å². The average Bonchev–Trinajstić information content (AvgIpc) is 2.09. The van der Waals surface area contributed by atoms with Gasteiger partial charge in [0, 0.05) is 12.1 Å². The van der Waals surface area contributed by atoms with Crippen molar-refractivity contribution in [2.45, 2.75) is 46.2 Å². The van der Waals surface area contributed by atoms with E-state index < -0.39 is 21.5 Å². The van der Waals surface area contributed by atoms with Crippen LogP contribution < -0.4 is 10.6 Å². The fourth-order valence-corrected chi connectivity index (χ4v) is 2.53. The van der Waals surface area contributed by atoms with Crippen LogP contribution in [-0.2, 0) is 14.6 Å². The van der Waals surface area contributed by atoms with Gasteiger partial charge in [0.15, 0.2) is 9.84 Å².